The molecule has 0 fully saturated rings. The Hall–Kier alpha value is -2.58. The average molecular weight is 295 g/mol. The lowest BCUT2D eigenvalue weighted by Crippen LogP contribution is -2.00. The molecule has 1 aromatic heterocycles. The predicted octanol–water partition coefficient (Wildman–Crippen LogP) is 3.96. The lowest BCUT2D eigenvalue weighted by molar-refractivity contribution is 0.339. The molecular formula is C16H13N3OS. The minimum absolute atomic E-state index is 0.576. The van der Waals surface area contributed by atoms with Crippen molar-refractivity contribution in [2.75, 3.05) is 6.61 Å². The summed E-state index contributed by atoms with van der Waals surface area (Å²) in [6.45, 7) is 2.52. The van der Waals surface area contributed by atoms with Crippen LogP contribution in [-0.2, 0) is 0 Å². The molecule has 1 heterocycles. The van der Waals surface area contributed by atoms with Crippen LogP contribution in [0.4, 0.5) is 0 Å². The largest absolute Gasteiger partial charge is 0.492 e. The van der Waals surface area contributed by atoms with Gasteiger partial charge >= 0.3 is 0 Å². The number of aromatic nitrogens is 2. The van der Waals surface area contributed by atoms with Gasteiger partial charge in [0, 0.05) is 0 Å². The molecule has 0 amide bonds. The van der Waals surface area contributed by atoms with Gasteiger partial charge in [-0.3, -0.25) is 4.57 Å². The van der Waals surface area contributed by atoms with Crippen LogP contribution in [0, 0.1) is 16.1 Å². The van der Waals surface area contributed by atoms with Crippen molar-refractivity contribution in [2.24, 2.45) is 0 Å². The Morgan fingerprint density at radius 1 is 1.29 bits per heavy atom. The molecule has 2 aromatic carbocycles. The molecule has 0 saturated carbocycles. The van der Waals surface area contributed by atoms with E-state index in [0.29, 0.717) is 16.9 Å². The Bertz CT molecular complexity index is 902. The van der Waals surface area contributed by atoms with Gasteiger partial charge in [-0.1, -0.05) is 12.1 Å². The lowest BCUT2D eigenvalue weighted by atomic mass is 10.2. The highest BCUT2D eigenvalue weighted by Crippen LogP contribution is 2.27. The molecule has 4 nitrogen and oxygen atoms in total. The molecule has 104 valence electrons. The van der Waals surface area contributed by atoms with E-state index in [2.05, 4.69) is 11.1 Å². The quantitative estimate of drug-likeness (QED) is 0.744. The zero-order chi connectivity index (χ0) is 14.8. The number of nitrogens with one attached hydrogen (secondary N) is 1. The average Bonchev–Trinajstić information content (AvgIpc) is 2.83. The number of para-hydroxylation sites is 2. The number of ether oxygens (including phenoxy) is 1. The second-order valence-electron chi connectivity index (χ2n) is 4.51. The normalized spacial score (nSPS) is 10.5. The molecule has 5 heteroatoms. The van der Waals surface area contributed by atoms with E-state index >= 15 is 0 Å². The smallest absolute Gasteiger partial charge is 0.182 e. The molecular weight excluding hydrogens is 282 g/mol. The van der Waals surface area contributed by atoms with E-state index in [1.165, 1.54) is 0 Å². The van der Waals surface area contributed by atoms with Crippen LogP contribution >= 0.6 is 12.2 Å². The van der Waals surface area contributed by atoms with Crippen molar-refractivity contribution in [1.82, 2.24) is 9.55 Å². The van der Waals surface area contributed by atoms with E-state index in [9.17, 15) is 0 Å². The summed E-state index contributed by atoms with van der Waals surface area (Å²) in [5.41, 5.74) is 3.22. The van der Waals surface area contributed by atoms with Crippen LogP contribution in [0.15, 0.2) is 42.5 Å². The van der Waals surface area contributed by atoms with Crippen LogP contribution in [0.25, 0.3) is 16.7 Å². The second kappa shape index (κ2) is 5.43. The summed E-state index contributed by atoms with van der Waals surface area (Å²) >= 11 is 5.43. The Morgan fingerprint density at radius 2 is 2.10 bits per heavy atom. The highest BCUT2D eigenvalue weighted by atomic mass is 32.1. The SMILES string of the molecule is CCOc1ccccc1-n1c(=S)[nH]c2ccc(C#N)cc21. The first-order chi connectivity index (χ1) is 10.2. The molecule has 0 aliphatic heterocycles. The monoisotopic (exact) mass is 295 g/mol. The maximum Gasteiger partial charge on any atom is 0.182 e. The minimum Gasteiger partial charge on any atom is -0.492 e. The standard InChI is InChI=1S/C16H13N3OS/c1-2-20-15-6-4-3-5-13(15)19-14-9-11(10-17)7-8-12(14)18-16(19)21/h3-9H,2H2,1H3,(H,18,21). The van der Waals surface area contributed by atoms with Gasteiger partial charge in [0.05, 0.1) is 35.0 Å². The topological polar surface area (TPSA) is 53.7 Å². The number of H-pyrrole nitrogens is 1. The zero-order valence-electron chi connectivity index (χ0n) is 11.5. The molecule has 0 aliphatic rings. The molecule has 3 rings (SSSR count). The van der Waals surface area contributed by atoms with E-state index in [1.807, 2.05) is 47.9 Å². The van der Waals surface area contributed by atoms with Crippen LogP contribution in [0.3, 0.4) is 0 Å². The molecule has 1 N–H and O–H groups in total. The summed E-state index contributed by atoms with van der Waals surface area (Å²) in [7, 11) is 0. The van der Waals surface area contributed by atoms with Crippen molar-refractivity contribution in [3.05, 3.63) is 52.8 Å². The maximum absolute atomic E-state index is 9.08. The van der Waals surface area contributed by atoms with Crippen molar-refractivity contribution >= 4 is 23.3 Å². The van der Waals surface area contributed by atoms with Crippen molar-refractivity contribution < 1.29 is 4.74 Å². The van der Waals surface area contributed by atoms with E-state index in [4.69, 9.17) is 22.2 Å². The number of rotatable bonds is 3. The third-order valence-corrected chi connectivity index (χ3v) is 3.50. The van der Waals surface area contributed by atoms with E-state index in [1.54, 1.807) is 6.07 Å². The summed E-state index contributed by atoms with van der Waals surface area (Å²) in [5, 5.41) is 9.08. The van der Waals surface area contributed by atoms with Crippen LogP contribution in [0.5, 0.6) is 5.75 Å². The molecule has 0 radical (unpaired) electrons. The first-order valence-corrected chi connectivity index (χ1v) is 7.02. The molecule has 0 unspecified atom stereocenters. The van der Waals surface area contributed by atoms with Crippen LogP contribution < -0.4 is 4.74 Å². The number of nitriles is 1. The van der Waals surface area contributed by atoms with Gasteiger partial charge in [-0.2, -0.15) is 5.26 Å². The zero-order valence-corrected chi connectivity index (χ0v) is 12.3. The summed E-state index contributed by atoms with van der Waals surface area (Å²) in [6.07, 6.45) is 0. The van der Waals surface area contributed by atoms with Crippen LogP contribution in [-0.4, -0.2) is 16.2 Å². The van der Waals surface area contributed by atoms with E-state index in [0.717, 1.165) is 22.5 Å². The number of imidazole rings is 1. The van der Waals surface area contributed by atoms with Crippen molar-refractivity contribution in [2.45, 2.75) is 6.92 Å². The molecule has 0 bridgehead atoms. The van der Waals surface area contributed by atoms with Gasteiger partial charge in [-0.05, 0) is 49.5 Å². The number of nitrogens with zero attached hydrogens (tertiary/aromatic N) is 2. The third-order valence-electron chi connectivity index (χ3n) is 3.22. The highest BCUT2D eigenvalue weighted by molar-refractivity contribution is 7.71. The van der Waals surface area contributed by atoms with Gasteiger partial charge in [0.1, 0.15) is 5.75 Å². The summed E-state index contributed by atoms with van der Waals surface area (Å²) in [4.78, 5) is 3.16. The van der Waals surface area contributed by atoms with Crippen LogP contribution in [0.2, 0.25) is 0 Å². The molecule has 0 aliphatic carbocycles. The fraction of sp³-hybridized carbons (Fsp3) is 0.125. The number of hydrogen-bond donors (Lipinski definition) is 1. The van der Waals surface area contributed by atoms with Gasteiger partial charge in [0.15, 0.2) is 4.77 Å². The molecule has 21 heavy (non-hydrogen) atoms. The lowest BCUT2D eigenvalue weighted by Gasteiger charge is -2.11. The highest BCUT2D eigenvalue weighted by Gasteiger charge is 2.11. The number of benzene rings is 2. The Morgan fingerprint density at radius 3 is 2.86 bits per heavy atom. The molecule has 0 spiro atoms. The third kappa shape index (κ3) is 2.30. The first kappa shape index (κ1) is 13.4. The number of hydrogen-bond acceptors (Lipinski definition) is 3. The van der Waals surface area contributed by atoms with E-state index in [-0.39, 0.29) is 0 Å². The number of aromatic amines is 1. The van der Waals surface area contributed by atoms with Gasteiger partial charge in [0.25, 0.3) is 0 Å². The first-order valence-electron chi connectivity index (χ1n) is 6.61. The van der Waals surface area contributed by atoms with Crippen molar-refractivity contribution in [1.29, 1.82) is 5.26 Å². The fourth-order valence-corrected chi connectivity index (χ4v) is 2.64. The van der Waals surface area contributed by atoms with Gasteiger partial charge in [-0.15, -0.1) is 0 Å². The van der Waals surface area contributed by atoms with Gasteiger partial charge in [0.2, 0.25) is 0 Å². The molecule has 3 aromatic rings. The van der Waals surface area contributed by atoms with Crippen molar-refractivity contribution in [3.8, 4) is 17.5 Å². The van der Waals surface area contributed by atoms with Gasteiger partial charge < -0.3 is 9.72 Å². The predicted molar refractivity (Wildman–Crippen MR) is 84.3 cm³/mol. The second-order valence-corrected chi connectivity index (χ2v) is 4.90. The fourth-order valence-electron chi connectivity index (χ4n) is 2.33. The summed E-state index contributed by atoms with van der Waals surface area (Å²) in [5.74, 6) is 0.763. The number of fused-ring (bicyclic) bond motifs is 1. The summed E-state index contributed by atoms with van der Waals surface area (Å²) < 4.78 is 8.15. The maximum atomic E-state index is 9.08. The molecule has 0 saturated heterocycles. The van der Waals surface area contributed by atoms with Crippen molar-refractivity contribution in [3.63, 3.8) is 0 Å². The van der Waals surface area contributed by atoms with Crippen LogP contribution in [0.1, 0.15) is 12.5 Å². The van der Waals surface area contributed by atoms with Gasteiger partial charge in [-0.25, -0.2) is 0 Å². The Labute approximate surface area is 127 Å². The van der Waals surface area contributed by atoms with E-state index < -0.39 is 0 Å². The Kier molecular flexibility index (Phi) is 3.46. The Balaban J connectivity index is 2.32. The minimum atomic E-state index is 0.576. The summed E-state index contributed by atoms with van der Waals surface area (Å²) in [6, 6.07) is 15.3. The molecule has 0 atom stereocenters.